The molecular formula is C15H17NO2. The van der Waals surface area contributed by atoms with Gasteiger partial charge in [-0.1, -0.05) is 54.6 Å². The topological polar surface area (TPSA) is 66.5 Å². The van der Waals surface area contributed by atoms with Crippen molar-refractivity contribution >= 4 is 0 Å². The Balaban J connectivity index is 2.20. The highest BCUT2D eigenvalue weighted by Crippen LogP contribution is 2.22. The van der Waals surface area contributed by atoms with E-state index in [1.54, 1.807) is 0 Å². The molecule has 0 unspecified atom stereocenters. The lowest BCUT2D eigenvalue weighted by atomic mass is 9.99. The van der Waals surface area contributed by atoms with E-state index in [2.05, 4.69) is 0 Å². The average molecular weight is 243 g/mol. The van der Waals surface area contributed by atoms with Crippen molar-refractivity contribution in [1.29, 1.82) is 0 Å². The smallest absolute Gasteiger partial charge is 0.0962 e. The summed E-state index contributed by atoms with van der Waals surface area (Å²) in [6.45, 7) is -0.332. The maximum atomic E-state index is 9.49. The van der Waals surface area contributed by atoms with Crippen LogP contribution in [0.2, 0.25) is 0 Å². The quantitative estimate of drug-likeness (QED) is 0.765. The number of hydrogen-bond donors (Lipinski definition) is 3. The van der Waals surface area contributed by atoms with Gasteiger partial charge in [0.25, 0.3) is 0 Å². The van der Waals surface area contributed by atoms with Crippen LogP contribution in [0.1, 0.15) is 11.6 Å². The summed E-state index contributed by atoms with van der Waals surface area (Å²) in [5.74, 6) is 0. The minimum atomic E-state index is -0.924. The molecule has 3 nitrogen and oxygen atoms in total. The molecule has 0 amide bonds. The van der Waals surface area contributed by atoms with Gasteiger partial charge in [0.05, 0.1) is 18.8 Å². The molecule has 0 radical (unpaired) electrons. The third kappa shape index (κ3) is 2.76. The lowest BCUT2D eigenvalue weighted by Crippen LogP contribution is -2.29. The first-order valence-electron chi connectivity index (χ1n) is 5.92. The van der Waals surface area contributed by atoms with E-state index in [1.807, 2.05) is 54.6 Å². The molecule has 0 saturated heterocycles. The molecule has 0 saturated carbocycles. The van der Waals surface area contributed by atoms with Crippen LogP contribution in [-0.4, -0.2) is 22.9 Å². The van der Waals surface area contributed by atoms with Crippen molar-refractivity contribution in [2.45, 2.75) is 12.1 Å². The van der Waals surface area contributed by atoms with Crippen molar-refractivity contribution in [3.05, 3.63) is 60.2 Å². The Kier molecular flexibility index (Phi) is 4.10. The molecule has 2 aromatic carbocycles. The van der Waals surface area contributed by atoms with Gasteiger partial charge in [0.1, 0.15) is 0 Å². The molecule has 2 rings (SSSR count). The summed E-state index contributed by atoms with van der Waals surface area (Å²) in [6, 6.07) is 17.2. The van der Waals surface area contributed by atoms with Gasteiger partial charge >= 0.3 is 0 Å². The van der Waals surface area contributed by atoms with Crippen LogP contribution in [0.3, 0.4) is 0 Å². The van der Waals surface area contributed by atoms with Crippen molar-refractivity contribution in [1.82, 2.24) is 0 Å². The van der Waals surface area contributed by atoms with E-state index in [1.165, 1.54) is 0 Å². The second-order valence-electron chi connectivity index (χ2n) is 4.26. The molecule has 18 heavy (non-hydrogen) atoms. The molecule has 0 fully saturated rings. The summed E-state index contributed by atoms with van der Waals surface area (Å²) in [4.78, 5) is 0. The molecule has 4 N–H and O–H groups in total. The van der Waals surface area contributed by atoms with Gasteiger partial charge in [-0.3, -0.25) is 0 Å². The van der Waals surface area contributed by atoms with Gasteiger partial charge in [0, 0.05) is 0 Å². The first kappa shape index (κ1) is 12.8. The molecule has 0 heterocycles. The summed E-state index contributed by atoms with van der Waals surface area (Å²) in [5.41, 5.74) is 8.88. The highest BCUT2D eigenvalue weighted by molar-refractivity contribution is 5.63. The van der Waals surface area contributed by atoms with Crippen LogP contribution in [0.25, 0.3) is 11.1 Å². The van der Waals surface area contributed by atoms with E-state index >= 15 is 0 Å². The fourth-order valence-electron chi connectivity index (χ4n) is 1.86. The van der Waals surface area contributed by atoms with Crippen LogP contribution in [0.15, 0.2) is 54.6 Å². The Hall–Kier alpha value is -1.68. The number of nitrogens with two attached hydrogens (primary N) is 1. The number of benzene rings is 2. The van der Waals surface area contributed by atoms with Crippen LogP contribution < -0.4 is 5.73 Å². The minimum absolute atomic E-state index is 0.332. The summed E-state index contributed by atoms with van der Waals surface area (Å²) >= 11 is 0. The number of rotatable bonds is 4. The standard InChI is InChI=1S/C15H17NO2/c16-15(14(18)10-17)13-8-6-12(7-9-13)11-4-2-1-3-5-11/h1-9,14-15,17-18H,10,16H2/t14-,15+/m0/s1. The Bertz CT molecular complexity index is 482. The van der Waals surface area contributed by atoms with Crippen LogP contribution in [-0.2, 0) is 0 Å². The van der Waals surface area contributed by atoms with E-state index in [-0.39, 0.29) is 6.61 Å². The third-order valence-electron chi connectivity index (χ3n) is 3.00. The van der Waals surface area contributed by atoms with Gasteiger partial charge in [-0.2, -0.15) is 0 Å². The highest BCUT2D eigenvalue weighted by Gasteiger charge is 2.15. The molecule has 3 heteroatoms. The van der Waals surface area contributed by atoms with E-state index < -0.39 is 12.1 Å². The van der Waals surface area contributed by atoms with Crippen molar-refractivity contribution < 1.29 is 10.2 Å². The molecular weight excluding hydrogens is 226 g/mol. The van der Waals surface area contributed by atoms with Crippen molar-refractivity contribution in [2.75, 3.05) is 6.61 Å². The van der Waals surface area contributed by atoms with E-state index in [0.717, 1.165) is 16.7 Å². The SMILES string of the molecule is N[C@H](c1ccc(-c2ccccc2)cc1)[C@@H](O)CO. The zero-order chi connectivity index (χ0) is 13.0. The van der Waals surface area contributed by atoms with Crippen LogP contribution in [0, 0.1) is 0 Å². The molecule has 0 aliphatic heterocycles. The average Bonchev–Trinajstić information content (AvgIpc) is 2.47. The zero-order valence-corrected chi connectivity index (χ0v) is 10.0. The molecule has 0 aliphatic rings. The Morgan fingerprint density at radius 1 is 0.889 bits per heavy atom. The fraction of sp³-hybridized carbons (Fsp3) is 0.200. The zero-order valence-electron chi connectivity index (χ0n) is 10.0. The molecule has 0 spiro atoms. The monoisotopic (exact) mass is 243 g/mol. The molecule has 0 aromatic heterocycles. The summed E-state index contributed by atoms with van der Waals surface area (Å²) in [5, 5.41) is 18.4. The summed E-state index contributed by atoms with van der Waals surface area (Å²) in [7, 11) is 0. The normalized spacial score (nSPS) is 14.2. The van der Waals surface area contributed by atoms with E-state index in [9.17, 15) is 5.11 Å². The third-order valence-corrected chi connectivity index (χ3v) is 3.00. The predicted octanol–water partition coefficient (Wildman–Crippen LogP) is 1.71. The van der Waals surface area contributed by atoms with Crippen LogP contribution >= 0.6 is 0 Å². The lowest BCUT2D eigenvalue weighted by Gasteiger charge is -2.17. The minimum Gasteiger partial charge on any atom is -0.394 e. The highest BCUT2D eigenvalue weighted by atomic mass is 16.3. The Morgan fingerprint density at radius 3 is 2.00 bits per heavy atom. The van der Waals surface area contributed by atoms with Crippen molar-refractivity contribution in [3.63, 3.8) is 0 Å². The second kappa shape index (κ2) is 5.78. The lowest BCUT2D eigenvalue weighted by molar-refractivity contribution is 0.0741. The van der Waals surface area contributed by atoms with Gasteiger partial charge in [0.15, 0.2) is 0 Å². The first-order valence-corrected chi connectivity index (χ1v) is 5.92. The molecule has 0 aliphatic carbocycles. The summed E-state index contributed by atoms with van der Waals surface area (Å²) in [6.07, 6.45) is -0.924. The predicted molar refractivity (Wildman–Crippen MR) is 71.9 cm³/mol. The molecule has 2 aromatic rings. The van der Waals surface area contributed by atoms with Gasteiger partial charge in [-0.05, 0) is 16.7 Å². The van der Waals surface area contributed by atoms with Crippen LogP contribution in [0.4, 0.5) is 0 Å². The Morgan fingerprint density at radius 2 is 1.44 bits per heavy atom. The molecule has 2 atom stereocenters. The maximum absolute atomic E-state index is 9.49. The van der Waals surface area contributed by atoms with Gasteiger partial charge in [-0.15, -0.1) is 0 Å². The largest absolute Gasteiger partial charge is 0.394 e. The number of hydrogen-bond acceptors (Lipinski definition) is 3. The number of aliphatic hydroxyl groups is 2. The van der Waals surface area contributed by atoms with Crippen molar-refractivity contribution in [3.8, 4) is 11.1 Å². The fourth-order valence-corrected chi connectivity index (χ4v) is 1.86. The van der Waals surface area contributed by atoms with Crippen LogP contribution in [0.5, 0.6) is 0 Å². The Labute approximate surface area is 107 Å². The second-order valence-corrected chi connectivity index (χ2v) is 4.26. The van der Waals surface area contributed by atoms with Gasteiger partial charge in [-0.25, -0.2) is 0 Å². The maximum Gasteiger partial charge on any atom is 0.0962 e. The number of aliphatic hydroxyl groups excluding tert-OH is 2. The first-order chi connectivity index (χ1) is 8.72. The molecule has 0 bridgehead atoms. The van der Waals surface area contributed by atoms with Gasteiger partial charge in [0.2, 0.25) is 0 Å². The molecule has 94 valence electrons. The van der Waals surface area contributed by atoms with Crippen molar-refractivity contribution in [2.24, 2.45) is 5.73 Å². The van der Waals surface area contributed by atoms with E-state index in [4.69, 9.17) is 10.8 Å². The summed E-state index contributed by atoms with van der Waals surface area (Å²) < 4.78 is 0. The van der Waals surface area contributed by atoms with Gasteiger partial charge < -0.3 is 15.9 Å². The van der Waals surface area contributed by atoms with E-state index in [0.29, 0.717) is 0 Å².